The molecule has 0 radical (unpaired) electrons. The molecule has 2 amide bonds. The molecule has 42 heavy (non-hydrogen) atoms. The maximum atomic E-state index is 12.6. The number of furan rings is 1. The van der Waals surface area contributed by atoms with Crippen molar-refractivity contribution in [1.82, 2.24) is 15.6 Å². The minimum Gasteiger partial charge on any atom is -0.484 e. The van der Waals surface area contributed by atoms with E-state index in [1.165, 1.54) is 24.0 Å². The maximum absolute atomic E-state index is 12.6. The lowest BCUT2D eigenvalue weighted by atomic mass is 9.90. The fraction of sp³-hybridized carbons (Fsp3) is 0.265. The van der Waals surface area contributed by atoms with Gasteiger partial charge in [0.1, 0.15) is 11.5 Å². The van der Waals surface area contributed by atoms with Crippen molar-refractivity contribution in [3.63, 3.8) is 0 Å². The Hall–Kier alpha value is -4.69. The van der Waals surface area contributed by atoms with Crippen LogP contribution in [0.2, 0.25) is 0 Å². The summed E-state index contributed by atoms with van der Waals surface area (Å²) in [5, 5.41) is 6.80. The van der Waals surface area contributed by atoms with Gasteiger partial charge in [-0.25, -0.2) is 5.43 Å². The van der Waals surface area contributed by atoms with Crippen LogP contribution in [0, 0.1) is 5.92 Å². The SMILES string of the molecule is O=C(COc1ccc(/C=N\NC(=O)c2ccc(CN3CCC(Cc4ccccc4)CC3)cc2)cc1)NCc1ccco1. The molecule has 0 saturated carbocycles. The van der Waals surface area contributed by atoms with Crippen LogP contribution < -0.4 is 15.5 Å². The van der Waals surface area contributed by atoms with Gasteiger partial charge in [0.15, 0.2) is 6.61 Å². The molecule has 8 nitrogen and oxygen atoms in total. The van der Waals surface area contributed by atoms with Gasteiger partial charge in [0.05, 0.1) is 19.0 Å². The van der Waals surface area contributed by atoms with Crippen LogP contribution in [0.15, 0.2) is 107 Å². The fourth-order valence-electron chi connectivity index (χ4n) is 4.99. The molecule has 1 aromatic heterocycles. The smallest absolute Gasteiger partial charge is 0.271 e. The minimum absolute atomic E-state index is 0.101. The first-order chi connectivity index (χ1) is 20.6. The summed E-state index contributed by atoms with van der Waals surface area (Å²) >= 11 is 0. The second-order valence-corrected chi connectivity index (χ2v) is 10.5. The molecule has 0 unspecified atom stereocenters. The van der Waals surface area contributed by atoms with Crippen LogP contribution in [0.3, 0.4) is 0 Å². The van der Waals surface area contributed by atoms with Crippen molar-refractivity contribution in [2.45, 2.75) is 32.4 Å². The monoisotopic (exact) mass is 564 g/mol. The van der Waals surface area contributed by atoms with Crippen LogP contribution in [0.25, 0.3) is 0 Å². The first kappa shape index (κ1) is 28.8. The van der Waals surface area contributed by atoms with Crippen LogP contribution in [-0.4, -0.2) is 42.6 Å². The number of likely N-dealkylation sites (tertiary alicyclic amines) is 1. The molecule has 3 aromatic carbocycles. The fourth-order valence-corrected chi connectivity index (χ4v) is 4.99. The average molecular weight is 565 g/mol. The van der Waals surface area contributed by atoms with E-state index in [0.717, 1.165) is 37.5 Å². The van der Waals surface area contributed by atoms with Crippen LogP contribution in [0.1, 0.15) is 45.7 Å². The highest BCUT2D eigenvalue weighted by Gasteiger charge is 2.19. The number of piperidine rings is 1. The van der Waals surface area contributed by atoms with Gasteiger partial charge < -0.3 is 14.5 Å². The van der Waals surface area contributed by atoms with Gasteiger partial charge in [0, 0.05) is 12.1 Å². The van der Waals surface area contributed by atoms with Crippen LogP contribution >= 0.6 is 0 Å². The standard InChI is InChI=1S/C34H36N4O4/c39-33(35-23-32-7-4-20-41-32)25-42-31-14-10-28(11-15-31)22-36-37-34(40)30-12-8-29(9-13-30)24-38-18-16-27(17-19-38)21-26-5-2-1-3-6-26/h1-15,20,22,27H,16-19,21,23-25H2,(H,35,39)(H,37,40)/b36-22-. The van der Waals surface area contributed by atoms with Gasteiger partial charge in [0.25, 0.3) is 11.8 Å². The molecular formula is C34H36N4O4. The Morgan fingerprint density at radius 3 is 2.38 bits per heavy atom. The maximum Gasteiger partial charge on any atom is 0.271 e. The molecule has 1 saturated heterocycles. The van der Waals surface area contributed by atoms with E-state index < -0.39 is 0 Å². The highest BCUT2D eigenvalue weighted by atomic mass is 16.5. The number of amides is 2. The number of carbonyl (C=O) groups excluding carboxylic acids is 2. The lowest BCUT2D eigenvalue weighted by molar-refractivity contribution is -0.123. The van der Waals surface area contributed by atoms with E-state index in [-0.39, 0.29) is 18.4 Å². The Bertz CT molecular complexity index is 1430. The number of carbonyl (C=O) groups is 2. The largest absolute Gasteiger partial charge is 0.484 e. The summed E-state index contributed by atoms with van der Waals surface area (Å²) in [6.07, 6.45) is 6.72. The summed E-state index contributed by atoms with van der Waals surface area (Å²) in [5.74, 6) is 1.48. The lowest BCUT2D eigenvalue weighted by Gasteiger charge is -2.32. The number of benzene rings is 3. The van der Waals surface area contributed by atoms with Gasteiger partial charge in [0.2, 0.25) is 0 Å². The average Bonchev–Trinajstić information content (AvgIpc) is 3.55. The third-order valence-corrected chi connectivity index (χ3v) is 7.37. The summed E-state index contributed by atoms with van der Waals surface area (Å²) in [6.45, 7) is 3.31. The van der Waals surface area contributed by atoms with Gasteiger partial charge in [-0.15, -0.1) is 0 Å². The summed E-state index contributed by atoms with van der Waals surface area (Å²) in [5.41, 5.74) is 6.56. The number of nitrogens with one attached hydrogen (secondary N) is 2. The second-order valence-electron chi connectivity index (χ2n) is 10.5. The first-order valence-electron chi connectivity index (χ1n) is 14.3. The molecule has 4 aromatic rings. The quantitative estimate of drug-likeness (QED) is 0.182. The van der Waals surface area contributed by atoms with E-state index in [0.29, 0.717) is 23.6 Å². The highest BCUT2D eigenvalue weighted by molar-refractivity contribution is 5.94. The van der Waals surface area contributed by atoms with Crippen molar-refractivity contribution in [3.05, 3.63) is 125 Å². The Balaban J connectivity index is 0.999. The number of hydrogen-bond donors (Lipinski definition) is 2. The predicted octanol–water partition coefficient (Wildman–Crippen LogP) is 5.19. The van der Waals surface area contributed by atoms with Crippen molar-refractivity contribution < 1.29 is 18.7 Å². The van der Waals surface area contributed by atoms with Crippen LogP contribution in [0.4, 0.5) is 0 Å². The van der Waals surface area contributed by atoms with Crippen LogP contribution in [0.5, 0.6) is 5.75 Å². The zero-order valence-electron chi connectivity index (χ0n) is 23.6. The Morgan fingerprint density at radius 2 is 1.67 bits per heavy atom. The molecule has 8 heteroatoms. The molecule has 1 fully saturated rings. The number of nitrogens with zero attached hydrogens (tertiary/aromatic N) is 2. The zero-order valence-corrected chi connectivity index (χ0v) is 23.6. The molecule has 0 aliphatic carbocycles. The van der Waals surface area contributed by atoms with Gasteiger partial charge in [-0.3, -0.25) is 14.5 Å². The molecule has 0 atom stereocenters. The van der Waals surface area contributed by atoms with Crippen molar-refractivity contribution in [1.29, 1.82) is 0 Å². The van der Waals surface area contributed by atoms with E-state index in [1.807, 2.05) is 24.3 Å². The van der Waals surface area contributed by atoms with E-state index in [1.54, 1.807) is 48.9 Å². The Kier molecular flexibility index (Phi) is 10.2. The summed E-state index contributed by atoms with van der Waals surface area (Å²) in [6, 6.07) is 29.1. The highest BCUT2D eigenvalue weighted by Crippen LogP contribution is 2.23. The van der Waals surface area contributed by atoms with Gasteiger partial charge in [-0.1, -0.05) is 42.5 Å². The third-order valence-electron chi connectivity index (χ3n) is 7.37. The van der Waals surface area contributed by atoms with Gasteiger partial charge in [-0.2, -0.15) is 5.10 Å². The van der Waals surface area contributed by atoms with Gasteiger partial charge >= 0.3 is 0 Å². The zero-order chi connectivity index (χ0) is 29.0. The summed E-state index contributed by atoms with van der Waals surface area (Å²) in [7, 11) is 0. The van der Waals surface area contributed by atoms with E-state index >= 15 is 0 Å². The molecule has 0 spiro atoms. The van der Waals surface area contributed by atoms with Crippen molar-refractivity contribution in [2.75, 3.05) is 19.7 Å². The minimum atomic E-state index is -0.264. The molecule has 2 N–H and O–H groups in total. The molecule has 216 valence electrons. The molecule has 0 bridgehead atoms. The van der Waals surface area contributed by atoms with E-state index in [2.05, 4.69) is 51.1 Å². The molecule has 2 heterocycles. The normalized spacial score (nSPS) is 14.1. The molecule has 1 aliphatic rings. The lowest BCUT2D eigenvalue weighted by Crippen LogP contribution is -2.33. The Labute approximate surface area is 246 Å². The van der Waals surface area contributed by atoms with Crippen molar-refractivity contribution in [2.24, 2.45) is 11.0 Å². The third kappa shape index (κ3) is 8.91. The van der Waals surface area contributed by atoms with E-state index in [4.69, 9.17) is 9.15 Å². The first-order valence-corrected chi connectivity index (χ1v) is 14.3. The molecular weight excluding hydrogens is 528 g/mol. The number of rotatable bonds is 12. The number of hydrogen-bond acceptors (Lipinski definition) is 6. The van der Waals surface area contributed by atoms with Crippen molar-refractivity contribution >= 4 is 18.0 Å². The van der Waals surface area contributed by atoms with E-state index in [9.17, 15) is 9.59 Å². The molecule has 1 aliphatic heterocycles. The number of hydrazone groups is 1. The topological polar surface area (TPSA) is 96.2 Å². The van der Waals surface area contributed by atoms with Crippen molar-refractivity contribution in [3.8, 4) is 5.75 Å². The van der Waals surface area contributed by atoms with Gasteiger partial charge in [-0.05, 0) is 103 Å². The Morgan fingerprint density at radius 1 is 0.905 bits per heavy atom. The molecule has 5 rings (SSSR count). The predicted molar refractivity (Wildman–Crippen MR) is 162 cm³/mol. The second kappa shape index (κ2) is 14.8. The summed E-state index contributed by atoms with van der Waals surface area (Å²) in [4.78, 5) is 27.0. The summed E-state index contributed by atoms with van der Waals surface area (Å²) < 4.78 is 10.7. The van der Waals surface area contributed by atoms with Crippen LogP contribution in [-0.2, 0) is 24.3 Å². The number of ether oxygens (including phenoxy) is 1.